The molecule has 3 aromatic rings. The Hall–Kier alpha value is -2.22. The summed E-state index contributed by atoms with van der Waals surface area (Å²) in [5.41, 5.74) is 0.997. The zero-order valence-corrected chi connectivity index (χ0v) is 13.5. The maximum Gasteiger partial charge on any atom is 0.191 e. The van der Waals surface area contributed by atoms with E-state index in [2.05, 4.69) is 15.3 Å². The third-order valence-electron chi connectivity index (χ3n) is 3.37. The Labute approximate surface area is 136 Å². The van der Waals surface area contributed by atoms with Crippen LogP contribution in [0.15, 0.2) is 35.6 Å². The molecule has 2 heterocycles. The molecule has 0 unspecified atom stereocenters. The summed E-state index contributed by atoms with van der Waals surface area (Å²) in [6.07, 6.45) is 1.65. The van der Waals surface area contributed by atoms with Gasteiger partial charge in [0.2, 0.25) is 0 Å². The lowest BCUT2D eigenvalue weighted by molar-refractivity contribution is 0.573. The number of nitrogens with zero attached hydrogens (tertiary/aromatic N) is 5. The van der Waals surface area contributed by atoms with Gasteiger partial charge in [-0.15, -0.1) is 10.2 Å². The molecule has 0 aliphatic heterocycles. The van der Waals surface area contributed by atoms with Crippen LogP contribution in [0.5, 0.6) is 0 Å². The van der Waals surface area contributed by atoms with Crippen LogP contribution in [0, 0.1) is 18.6 Å². The Morgan fingerprint density at radius 2 is 2.00 bits per heavy atom. The first-order valence-electron chi connectivity index (χ1n) is 7.11. The van der Waals surface area contributed by atoms with E-state index in [1.807, 2.05) is 18.4 Å². The number of thioether (sulfide) groups is 1. The first-order chi connectivity index (χ1) is 11.1. The normalized spacial score (nSPS) is 11.1. The molecule has 23 heavy (non-hydrogen) atoms. The van der Waals surface area contributed by atoms with Gasteiger partial charge in [0.15, 0.2) is 11.0 Å². The highest BCUT2D eigenvalue weighted by Crippen LogP contribution is 2.22. The van der Waals surface area contributed by atoms with Crippen LogP contribution in [0.2, 0.25) is 0 Å². The molecule has 5 nitrogen and oxygen atoms in total. The van der Waals surface area contributed by atoms with Gasteiger partial charge in [-0.1, -0.05) is 11.8 Å². The van der Waals surface area contributed by atoms with Crippen molar-refractivity contribution < 1.29 is 8.78 Å². The minimum Gasteiger partial charge on any atom is -0.307 e. The van der Waals surface area contributed by atoms with Gasteiger partial charge < -0.3 is 4.57 Å². The molecular formula is C15H15F2N5S. The third kappa shape index (κ3) is 3.26. The highest BCUT2D eigenvalue weighted by Gasteiger charge is 2.11. The Bertz CT molecular complexity index is 827. The zero-order chi connectivity index (χ0) is 16.4. The van der Waals surface area contributed by atoms with Crippen LogP contribution >= 0.6 is 11.8 Å². The molecule has 0 atom stereocenters. The van der Waals surface area contributed by atoms with Gasteiger partial charge in [-0.05, 0) is 32.0 Å². The van der Waals surface area contributed by atoms with Gasteiger partial charge in [-0.25, -0.2) is 13.5 Å². The van der Waals surface area contributed by atoms with Crippen molar-refractivity contribution in [3.8, 4) is 5.69 Å². The Morgan fingerprint density at radius 1 is 1.17 bits per heavy atom. The van der Waals surface area contributed by atoms with Crippen LogP contribution in [0.1, 0.15) is 18.4 Å². The average Bonchev–Trinajstić information content (AvgIpc) is 3.11. The second-order valence-corrected chi connectivity index (χ2v) is 5.85. The molecule has 0 bridgehead atoms. The topological polar surface area (TPSA) is 48.5 Å². The molecular weight excluding hydrogens is 320 g/mol. The van der Waals surface area contributed by atoms with E-state index in [1.165, 1.54) is 28.6 Å². The number of aryl methyl sites for hydroxylation is 1. The third-order valence-corrected chi connectivity index (χ3v) is 4.37. The molecule has 0 aliphatic carbocycles. The maximum absolute atomic E-state index is 13.8. The van der Waals surface area contributed by atoms with Crippen LogP contribution in [0.4, 0.5) is 8.78 Å². The van der Waals surface area contributed by atoms with Crippen LogP contribution in [-0.4, -0.2) is 24.5 Å². The van der Waals surface area contributed by atoms with Crippen LogP contribution in [-0.2, 0) is 12.3 Å². The van der Waals surface area contributed by atoms with E-state index in [0.29, 0.717) is 5.75 Å². The van der Waals surface area contributed by atoms with Crippen molar-refractivity contribution in [1.29, 1.82) is 0 Å². The van der Waals surface area contributed by atoms with Crippen LogP contribution in [0.25, 0.3) is 5.69 Å². The lowest BCUT2D eigenvalue weighted by Crippen LogP contribution is -2.01. The fourth-order valence-corrected chi connectivity index (χ4v) is 3.16. The second-order valence-electron chi connectivity index (χ2n) is 4.91. The van der Waals surface area contributed by atoms with E-state index in [9.17, 15) is 8.78 Å². The van der Waals surface area contributed by atoms with Crippen LogP contribution in [0.3, 0.4) is 0 Å². The zero-order valence-electron chi connectivity index (χ0n) is 12.7. The van der Waals surface area contributed by atoms with E-state index in [1.54, 1.807) is 12.3 Å². The fraction of sp³-hybridized carbons (Fsp3) is 0.267. The molecule has 0 saturated carbocycles. The quantitative estimate of drug-likeness (QED) is 0.671. The number of rotatable bonds is 5. The molecule has 0 fully saturated rings. The summed E-state index contributed by atoms with van der Waals surface area (Å²) < 4.78 is 30.2. The number of hydrogen-bond donors (Lipinski definition) is 0. The Kier molecular flexibility index (Phi) is 4.42. The summed E-state index contributed by atoms with van der Waals surface area (Å²) in [5.74, 6) is 0.208. The lowest BCUT2D eigenvalue weighted by Gasteiger charge is -2.04. The molecule has 8 heteroatoms. The minimum atomic E-state index is -0.645. The SMILES string of the molecule is CCn1c(C)nnc1SCc1ccn(-c2ccc(F)cc2F)n1. The van der Waals surface area contributed by atoms with Crippen molar-refractivity contribution in [2.45, 2.75) is 31.3 Å². The number of halogens is 2. The summed E-state index contributed by atoms with van der Waals surface area (Å²) in [6.45, 7) is 4.75. The largest absolute Gasteiger partial charge is 0.307 e. The standard InChI is InChI=1S/C15H15F2N5S/c1-3-21-10(2)18-19-15(21)23-9-12-6-7-22(20-12)14-5-4-11(16)8-13(14)17/h4-8H,3,9H2,1-2H3. The maximum atomic E-state index is 13.8. The van der Waals surface area contributed by atoms with Crippen molar-refractivity contribution in [3.63, 3.8) is 0 Å². The van der Waals surface area contributed by atoms with E-state index in [4.69, 9.17) is 0 Å². The monoisotopic (exact) mass is 335 g/mol. The van der Waals surface area contributed by atoms with Crippen molar-refractivity contribution in [2.75, 3.05) is 0 Å². The summed E-state index contributed by atoms with van der Waals surface area (Å²) >= 11 is 1.52. The Morgan fingerprint density at radius 3 is 2.74 bits per heavy atom. The number of benzene rings is 1. The first kappa shape index (κ1) is 15.7. The molecule has 2 aromatic heterocycles. The van der Waals surface area contributed by atoms with Gasteiger partial charge in [0, 0.05) is 24.6 Å². The van der Waals surface area contributed by atoms with Gasteiger partial charge in [0.25, 0.3) is 0 Å². The predicted octanol–water partition coefficient (Wildman–Crippen LogP) is 3.36. The number of aromatic nitrogens is 5. The van der Waals surface area contributed by atoms with Gasteiger partial charge in [-0.2, -0.15) is 5.10 Å². The second kappa shape index (κ2) is 6.49. The molecule has 0 amide bonds. The Balaban J connectivity index is 1.74. The summed E-state index contributed by atoms with van der Waals surface area (Å²) in [7, 11) is 0. The van der Waals surface area contributed by atoms with Gasteiger partial charge in [-0.3, -0.25) is 0 Å². The van der Waals surface area contributed by atoms with E-state index in [-0.39, 0.29) is 5.69 Å². The average molecular weight is 335 g/mol. The van der Waals surface area contributed by atoms with Gasteiger partial charge in [0.1, 0.15) is 17.3 Å². The molecule has 0 spiro atoms. The predicted molar refractivity (Wildman–Crippen MR) is 83.5 cm³/mol. The molecule has 0 saturated heterocycles. The van der Waals surface area contributed by atoms with E-state index in [0.717, 1.165) is 29.3 Å². The summed E-state index contributed by atoms with van der Waals surface area (Å²) in [4.78, 5) is 0. The number of hydrogen-bond acceptors (Lipinski definition) is 4. The van der Waals surface area contributed by atoms with Gasteiger partial charge >= 0.3 is 0 Å². The molecule has 1 aromatic carbocycles. The molecule has 120 valence electrons. The molecule has 3 rings (SSSR count). The van der Waals surface area contributed by atoms with Crippen molar-refractivity contribution in [3.05, 3.63) is 53.6 Å². The first-order valence-corrected chi connectivity index (χ1v) is 8.09. The minimum absolute atomic E-state index is 0.218. The highest BCUT2D eigenvalue weighted by atomic mass is 32.2. The van der Waals surface area contributed by atoms with Crippen molar-refractivity contribution in [2.24, 2.45) is 0 Å². The fourth-order valence-electron chi connectivity index (χ4n) is 2.21. The van der Waals surface area contributed by atoms with E-state index < -0.39 is 11.6 Å². The molecule has 0 radical (unpaired) electrons. The highest BCUT2D eigenvalue weighted by molar-refractivity contribution is 7.98. The smallest absolute Gasteiger partial charge is 0.191 e. The van der Waals surface area contributed by atoms with Crippen molar-refractivity contribution in [1.82, 2.24) is 24.5 Å². The van der Waals surface area contributed by atoms with Crippen LogP contribution < -0.4 is 0 Å². The van der Waals surface area contributed by atoms with Gasteiger partial charge in [0.05, 0.1) is 5.69 Å². The van der Waals surface area contributed by atoms with Crippen molar-refractivity contribution >= 4 is 11.8 Å². The molecule has 0 N–H and O–H groups in total. The van der Waals surface area contributed by atoms with E-state index >= 15 is 0 Å². The summed E-state index contributed by atoms with van der Waals surface area (Å²) in [6, 6.07) is 5.22. The lowest BCUT2D eigenvalue weighted by atomic mass is 10.3. The summed E-state index contributed by atoms with van der Waals surface area (Å²) in [5, 5.41) is 13.3. The molecule has 0 aliphatic rings.